The van der Waals surface area contributed by atoms with E-state index in [-0.39, 0.29) is 5.69 Å². The van der Waals surface area contributed by atoms with Crippen LogP contribution in [0.2, 0.25) is 0 Å². The first-order chi connectivity index (χ1) is 10.8. The molecule has 8 nitrogen and oxygen atoms in total. The van der Waals surface area contributed by atoms with Gasteiger partial charge in [-0.05, 0) is 32.0 Å². The van der Waals surface area contributed by atoms with Gasteiger partial charge in [0.25, 0.3) is 0 Å². The third-order valence-corrected chi connectivity index (χ3v) is 4.16. The van der Waals surface area contributed by atoms with Crippen molar-refractivity contribution in [3.05, 3.63) is 46.7 Å². The van der Waals surface area contributed by atoms with Crippen molar-refractivity contribution in [3.63, 3.8) is 0 Å². The fraction of sp³-hybridized carbons (Fsp3) is 0.429. The molecule has 0 radical (unpaired) electrons. The third-order valence-electron chi connectivity index (χ3n) is 4.16. The van der Waals surface area contributed by atoms with Gasteiger partial charge >= 0.3 is 5.69 Å². The molecule has 0 aromatic carbocycles. The molecule has 8 heteroatoms. The van der Waals surface area contributed by atoms with Crippen molar-refractivity contribution in [2.24, 2.45) is 0 Å². The van der Waals surface area contributed by atoms with Gasteiger partial charge in [0.15, 0.2) is 0 Å². The average Bonchev–Trinajstić information content (AvgIpc) is 3.13. The summed E-state index contributed by atoms with van der Waals surface area (Å²) in [6.45, 7) is 2.77. The van der Waals surface area contributed by atoms with Gasteiger partial charge in [0.2, 0.25) is 5.78 Å². The van der Waals surface area contributed by atoms with E-state index in [1.165, 1.54) is 0 Å². The zero-order chi connectivity index (χ0) is 14.9. The van der Waals surface area contributed by atoms with E-state index < -0.39 is 0 Å². The minimum Gasteiger partial charge on any atom is -0.297 e. The number of aromatic nitrogens is 6. The molecule has 114 valence electrons. The van der Waals surface area contributed by atoms with Crippen LogP contribution in [0.25, 0.3) is 5.78 Å². The number of nitrogens with one attached hydrogen (secondary N) is 2. The van der Waals surface area contributed by atoms with Crippen molar-refractivity contribution >= 4 is 5.78 Å². The molecule has 4 heterocycles. The number of aromatic amines is 2. The van der Waals surface area contributed by atoms with Gasteiger partial charge in [-0.3, -0.25) is 14.3 Å². The van der Waals surface area contributed by atoms with Crippen LogP contribution in [0.4, 0.5) is 0 Å². The van der Waals surface area contributed by atoms with Gasteiger partial charge in [0.05, 0.1) is 5.69 Å². The summed E-state index contributed by atoms with van der Waals surface area (Å²) in [5, 5.41) is 6.48. The summed E-state index contributed by atoms with van der Waals surface area (Å²) in [5.74, 6) is 1.85. The van der Waals surface area contributed by atoms with Gasteiger partial charge in [-0.25, -0.2) is 19.9 Å². The van der Waals surface area contributed by atoms with E-state index in [9.17, 15) is 4.79 Å². The number of hydrogen-bond donors (Lipinski definition) is 2. The zero-order valence-corrected chi connectivity index (χ0v) is 12.1. The highest BCUT2D eigenvalue weighted by molar-refractivity contribution is 5.29. The molecular weight excluding hydrogens is 282 g/mol. The molecule has 0 unspecified atom stereocenters. The molecule has 1 saturated heterocycles. The first kappa shape index (κ1) is 13.2. The second-order valence-corrected chi connectivity index (χ2v) is 5.67. The topological polar surface area (TPSA) is 95.0 Å². The van der Waals surface area contributed by atoms with Gasteiger partial charge in [-0.15, -0.1) is 0 Å². The van der Waals surface area contributed by atoms with Crippen LogP contribution < -0.4 is 5.69 Å². The van der Waals surface area contributed by atoms with Gasteiger partial charge < -0.3 is 0 Å². The molecule has 2 N–H and O–H groups in total. The molecule has 1 aliphatic heterocycles. The molecule has 0 amide bonds. The quantitative estimate of drug-likeness (QED) is 0.735. The summed E-state index contributed by atoms with van der Waals surface area (Å²) in [7, 11) is 0. The number of hydrogen-bond acceptors (Lipinski definition) is 5. The smallest absolute Gasteiger partial charge is 0.297 e. The fourth-order valence-corrected chi connectivity index (χ4v) is 3.03. The average molecular weight is 299 g/mol. The summed E-state index contributed by atoms with van der Waals surface area (Å²) in [5.41, 5.74) is 0.806. The van der Waals surface area contributed by atoms with Crippen molar-refractivity contribution in [2.75, 3.05) is 13.1 Å². The van der Waals surface area contributed by atoms with Crippen LogP contribution >= 0.6 is 0 Å². The summed E-state index contributed by atoms with van der Waals surface area (Å²) in [4.78, 5) is 25.0. The van der Waals surface area contributed by atoms with Crippen LogP contribution in [0.15, 0.2) is 29.5 Å². The van der Waals surface area contributed by atoms with Gasteiger partial charge in [0, 0.05) is 31.1 Å². The first-order valence-electron chi connectivity index (χ1n) is 7.43. The van der Waals surface area contributed by atoms with E-state index in [0.717, 1.165) is 49.8 Å². The van der Waals surface area contributed by atoms with Crippen LogP contribution in [-0.4, -0.2) is 47.5 Å². The van der Waals surface area contributed by atoms with E-state index in [1.54, 1.807) is 6.20 Å². The lowest BCUT2D eigenvalue weighted by Crippen LogP contribution is -2.33. The molecule has 3 aromatic rings. The number of H-pyrrole nitrogens is 2. The minimum atomic E-state index is -0.227. The van der Waals surface area contributed by atoms with Crippen molar-refractivity contribution in [2.45, 2.75) is 25.3 Å². The highest BCUT2D eigenvalue weighted by atomic mass is 16.1. The Labute approximate surface area is 126 Å². The van der Waals surface area contributed by atoms with Crippen molar-refractivity contribution in [3.8, 4) is 0 Å². The Balaban J connectivity index is 1.40. The predicted molar refractivity (Wildman–Crippen MR) is 79.4 cm³/mol. The lowest BCUT2D eigenvalue weighted by Gasteiger charge is -2.30. The lowest BCUT2D eigenvalue weighted by molar-refractivity contribution is 0.200. The first-order valence-corrected chi connectivity index (χ1v) is 7.43. The Morgan fingerprint density at radius 1 is 1.32 bits per heavy atom. The Morgan fingerprint density at radius 2 is 2.18 bits per heavy atom. The van der Waals surface area contributed by atoms with Crippen LogP contribution in [0.5, 0.6) is 0 Å². The molecule has 1 aliphatic rings. The minimum absolute atomic E-state index is 0.227. The normalized spacial score (nSPS) is 17.3. The van der Waals surface area contributed by atoms with E-state index >= 15 is 0 Å². The van der Waals surface area contributed by atoms with Gasteiger partial charge in [0.1, 0.15) is 5.82 Å². The van der Waals surface area contributed by atoms with Crippen molar-refractivity contribution in [1.82, 2.24) is 34.4 Å². The largest absolute Gasteiger partial charge is 0.340 e. The predicted octanol–water partition coefficient (Wildman–Crippen LogP) is 0.520. The Morgan fingerprint density at radius 3 is 2.91 bits per heavy atom. The van der Waals surface area contributed by atoms with E-state index in [2.05, 4.69) is 30.0 Å². The molecule has 0 saturated carbocycles. The number of piperidine rings is 1. The number of nitrogens with zero attached hydrogens (tertiary/aromatic N) is 5. The van der Waals surface area contributed by atoms with E-state index in [1.807, 2.05) is 22.9 Å². The van der Waals surface area contributed by atoms with Crippen LogP contribution in [0.3, 0.4) is 0 Å². The highest BCUT2D eigenvalue weighted by Gasteiger charge is 2.23. The van der Waals surface area contributed by atoms with Gasteiger partial charge in [-0.2, -0.15) is 5.10 Å². The highest BCUT2D eigenvalue weighted by Crippen LogP contribution is 2.25. The molecule has 4 rings (SSSR count). The molecule has 0 bridgehead atoms. The van der Waals surface area contributed by atoms with Crippen LogP contribution in [0.1, 0.15) is 30.3 Å². The van der Waals surface area contributed by atoms with E-state index in [4.69, 9.17) is 0 Å². The summed E-state index contributed by atoms with van der Waals surface area (Å²) in [6.07, 6.45) is 7.72. The summed E-state index contributed by atoms with van der Waals surface area (Å²) in [6, 6.07) is 1.90. The maximum Gasteiger partial charge on any atom is 0.340 e. The molecule has 0 spiro atoms. The SMILES string of the molecule is O=c1[nH]nc(C2CCN(Cc3cn4cccnc4n3)CC2)[nH]1. The molecule has 1 fully saturated rings. The van der Waals surface area contributed by atoms with Crippen molar-refractivity contribution in [1.29, 1.82) is 0 Å². The van der Waals surface area contributed by atoms with Gasteiger partial charge in [-0.1, -0.05) is 0 Å². The zero-order valence-electron chi connectivity index (χ0n) is 12.1. The molecular formula is C14H17N7O. The second-order valence-electron chi connectivity index (χ2n) is 5.67. The Hall–Kier alpha value is -2.48. The molecule has 22 heavy (non-hydrogen) atoms. The molecule has 3 aromatic heterocycles. The number of imidazole rings is 1. The maximum atomic E-state index is 11.1. The standard InChI is InChI=1S/C14H17N7O/c22-14-17-12(18-19-14)10-2-6-20(7-3-10)8-11-9-21-5-1-4-15-13(21)16-11/h1,4-5,9-10H,2-3,6-8H2,(H2,17,18,19,22). The lowest BCUT2D eigenvalue weighted by atomic mass is 9.96. The van der Waals surface area contributed by atoms with E-state index in [0.29, 0.717) is 5.92 Å². The molecule has 0 aliphatic carbocycles. The second kappa shape index (κ2) is 5.38. The Bertz CT molecular complexity index is 792. The fourth-order valence-electron chi connectivity index (χ4n) is 3.03. The number of likely N-dealkylation sites (tertiary alicyclic amines) is 1. The van der Waals surface area contributed by atoms with Crippen LogP contribution in [0, 0.1) is 0 Å². The number of rotatable bonds is 3. The summed E-state index contributed by atoms with van der Waals surface area (Å²) < 4.78 is 1.94. The summed E-state index contributed by atoms with van der Waals surface area (Å²) >= 11 is 0. The number of fused-ring (bicyclic) bond motifs is 1. The van der Waals surface area contributed by atoms with Crippen molar-refractivity contribution < 1.29 is 0 Å². The third kappa shape index (κ3) is 2.52. The van der Waals surface area contributed by atoms with Crippen LogP contribution in [-0.2, 0) is 6.54 Å². The maximum absolute atomic E-state index is 11.1. The Kier molecular flexibility index (Phi) is 3.23. The molecule has 0 atom stereocenters. The monoisotopic (exact) mass is 299 g/mol.